The first-order valence-electron chi connectivity index (χ1n) is 8.91. The molecule has 7 heteroatoms. The summed E-state index contributed by atoms with van der Waals surface area (Å²) < 4.78 is 25.6. The van der Waals surface area contributed by atoms with Crippen molar-refractivity contribution in [2.45, 2.75) is 19.4 Å². The second-order valence-electron chi connectivity index (χ2n) is 6.93. The van der Waals surface area contributed by atoms with E-state index < -0.39 is 10.0 Å². The Morgan fingerprint density at radius 2 is 1.93 bits per heavy atom. The molecule has 1 aromatic heterocycles. The Balaban J connectivity index is 1.63. The molecule has 0 saturated carbocycles. The highest BCUT2D eigenvalue weighted by molar-refractivity contribution is 7.92. The van der Waals surface area contributed by atoms with Gasteiger partial charge in [0.2, 0.25) is 10.0 Å². The van der Waals surface area contributed by atoms with E-state index in [4.69, 9.17) is 0 Å². The van der Waals surface area contributed by atoms with Crippen LogP contribution in [0.1, 0.15) is 22.8 Å². The zero-order chi connectivity index (χ0) is 19.9. The normalized spacial score (nSPS) is 16.1. The molecule has 0 radical (unpaired) electrons. The minimum Gasteiger partial charge on any atom is -0.321 e. The van der Waals surface area contributed by atoms with E-state index in [0.717, 1.165) is 21.7 Å². The Morgan fingerprint density at radius 3 is 2.64 bits per heavy atom. The lowest BCUT2D eigenvalue weighted by Gasteiger charge is -2.21. The van der Waals surface area contributed by atoms with E-state index in [9.17, 15) is 13.2 Å². The first-order valence-corrected chi connectivity index (χ1v) is 11.6. The van der Waals surface area contributed by atoms with Crippen molar-refractivity contribution in [3.8, 4) is 10.4 Å². The highest BCUT2D eigenvalue weighted by Crippen LogP contribution is 2.35. The number of fused-ring (bicyclic) bond motifs is 1. The van der Waals surface area contributed by atoms with Crippen LogP contribution in [0.3, 0.4) is 0 Å². The fourth-order valence-electron chi connectivity index (χ4n) is 3.68. The molecule has 5 nitrogen and oxygen atoms in total. The van der Waals surface area contributed by atoms with E-state index in [1.54, 1.807) is 29.5 Å². The van der Waals surface area contributed by atoms with E-state index in [2.05, 4.69) is 5.32 Å². The molecule has 1 aliphatic heterocycles. The molecule has 2 aromatic carbocycles. The summed E-state index contributed by atoms with van der Waals surface area (Å²) in [7, 11) is -3.34. The van der Waals surface area contributed by atoms with Crippen molar-refractivity contribution in [3.63, 3.8) is 0 Å². The second-order valence-corrected chi connectivity index (χ2v) is 9.74. The number of carbonyl (C=O) groups excluding carboxylic acids is 1. The van der Waals surface area contributed by atoms with E-state index in [0.29, 0.717) is 17.7 Å². The van der Waals surface area contributed by atoms with Crippen LogP contribution in [0, 0.1) is 0 Å². The van der Waals surface area contributed by atoms with Gasteiger partial charge in [-0.05, 0) is 54.6 Å². The Hall–Kier alpha value is -2.64. The lowest BCUT2D eigenvalue weighted by molar-refractivity contribution is 0.102. The first-order chi connectivity index (χ1) is 13.3. The van der Waals surface area contributed by atoms with Crippen molar-refractivity contribution < 1.29 is 13.2 Å². The number of nitrogens with one attached hydrogen (secondary N) is 1. The number of rotatable bonds is 4. The number of nitrogens with zero attached hydrogens (tertiary/aromatic N) is 1. The topological polar surface area (TPSA) is 66.5 Å². The lowest BCUT2D eigenvalue weighted by Crippen LogP contribution is -2.34. The molecule has 144 valence electrons. The van der Waals surface area contributed by atoms with Crippen molar-refractivity contribution in [1.82, 2.24) is 0 Å². The van der Waals surface area contributed by atoms with Gasteiger partial charge in [-0.25, -0.2) is 8.42 Å². The molecule has 0 spiro atoms. The van der Waals surface area contributed by atoms with Crippen LogP contribution in [0.15, 0.2) is 60.0 Å². The van der Waals surface area contributed by atoms with Gasteiger partial charge in [0.1, 0.15) is 0 Å². The SMILES string of the molecule is CC1Cc2cc(C(=O)Nc3ccccc3-c3cccs3)ccc2N1S(C)(=O)=O. The van der Waals surface area contributed by atoms with Crippen molar-refractivity contribution in [3.05, 3.63) is 71.1 Å². The van der Waals surface area contributed by atoms with Crippen LogP contribution in [0.25, 0.3) is 10.4 Å². The third kappa shape index (κ3) is 3.43. The molecule has 1 atom stereocenters. The maximum atomic E-state index is 12.9. The van der Waals surface area contributed by atoms with Gasteiger partial charge in [0.05, 0.1) is 11.9 Å². The standard InChI is InChI=1S/C21H20N2O3S2/c1-14-12-16-13-15(9-10-19(16)23(14)28(2,25)26)21(24)22-18-7-4-3-6-17(18)20-8-5-11-27-20/h3-11,13-14H,12H2,1-2H3,(H,22,24). The number of carbonyl (C=O) groups is 1. The van der Waals surface area contributed by atoms with E-state index in [1.807, 2.05) is 48.7 Å². The maximum Gasteiger partial charge on any atom is 0.255 e. The Kier molecular flexibility index (Phi) is 4.72. The van der Waals surface area contributed by atoms with Gasteiger partial charge in [0, 0.05) is 27.7 Å². The second kappa shape index (κ2) is 7.07. The minimum absolute atomic E-state index is 0.150. The maximum absolute atomic E-state index is 12.9. The molecule has 1 aliphatic rings. The summed E-state index contributed by atoms with van der Waals surface area (Å²) in [6, 6.07) is 16.7. The Morgan fingerprint density at radius 1 is 1.14 bits per heavy atom. The summed E-state index contributed by atoms with van der Waals surface area (Å²) in [5, 5.41) is 5.00. The molecule has 0 fully saturated rings. The number of hydrogen-bond donors (Lipinski definition) is 1. The van der Waals surface area contributed by atoms with Gasteiger partial charge in [-0.3, -0.25) is 9.10 Å². The van der Waals surface area contributed by atoms with Crippen molar-refractivity contribution in [2.75, 3.05) is 15.9 Å². The van der Waals surface area contributed by atoms with Gasteiger partial charge in [-0.15, -0.1) is 11.3 Å². The summed E-state index contributed by atoms with van der Waals surface area (Å²) in [6.07, 6.45) is 1.80. The Labute approximate surface area is 168 Å². The molecule has 2 heterocycles. The van der Waals surface area contributed by atoms with Gasteiger partial charge in [-0.1, -0.05) is 24.3 Å². The third-order valence-electron chi connectivity index (χ3n) is 4.81. The summed E-state index contributed by atoms with van der Waals surface area (Å²) in [6.45, 7) is 1.87. The molecule has 1 N–H and O–H groups in total. The molecule has 1 unspecified atom stereocenters. The molecule has 3 aromatic rings. The first kappa shape index (κ1) is 18.7. The molecule has 28 heavy (non-hydrogen) atoms. The minimum atomic E-state index is -3.34. The van der Waals surface area contributed by atoms with Gasteiger partial charge >= 0.3 is 0 Å². The average molecular weight is 413 g/mol. The summed E-state index contributed by atoms with van der Waals surface area (Å²) in [5.41, 5.74) is 3.77. The molecule has 0 saturated heterocycles. The number of hydrogen-bond acceptors (Lipinski definition) is 4. The fourth-order valence-corrected chi connectivity index (χ4v) is 5.71. The highest BCUT2D eigenvalue weighted by Gasteiger charge is 2.32. The van der Waals surface area contributed by atoms with E-state index >= 15 is 0 Å². The molecule has 4 rings (SSSR count). The fraction of sp³-hybridized carbons (Fsp3) is 0.190. The van der Waals surface area contributed by atoms with Crippen molar-refractivity contribution >= 4 is 38.6 Å². The van der Waals surface area contributed by atoms with E-state index in [1.165, 1.54) is 10.6 Å². The van der Waals surface area contributed by atoms with Gasteiger partial charge < -0.3 is 5.32 Å². The van der Waals surface area contributed by atoms with Crippen molar-refractivity contribution in [2.24, 2.45) is 0 Å². The van der Waals surface area contributed by atoms with Crippen molar-refractivity contribution in [1.29, 1.82) is 0 Å². The predicted molar refractivity (Wildman–Crippen MR) is 115 cm³/mol. The highest BCUT2D eigenvalue weighted by atomic mass is 32.2. The van der Waals surface area contributed by atoms with Gasteiger partial charge in [-0.2, -0.15) is 0 Å². The van der Waals surface area contributed by atoms with Crippen LogP contribution in [0.5, 0.6) is 0 Å². The summed E-state index contributed by atoms with van der Waals surface area (Å²) >= 11 is 1.62. The van der Waals surface area contributed by atoms with Crippen LogP contribution < -0.4 is 9.62 Å². The molecular formula is C21H20N2O3S2. The molecule has 0 bridgehead atoms. The molecular weight excluding hydrogens is 392 g/mol. The third-order valence-corrected chi connectivity index (χ3v) is 6.99. The molecule has 0 aliphatic carbocycles. The number of benzene rings is 2. The predicted octanol–water partition coefficient (Wildman–Crippen LogP) is 4.38. The number of para-hydroxylation sites is 1. The quantitative estimate of drug-likeness (QED) is 0.692. The summed E-state index contributed by atoms with van der Waals surface area (Å²) in [5.74, 6) is -0.211. The van der Waals surface area contributed by atoms with Crippen LogP contribution in [0.4, 0.5) is 11.4 Å². The lowest BCUT2D eigenvalue weighted by atomic mass is 10.1. The zero-order valence-electron chi connectivity index (χ0n) is 15.5. The number of anilines is 2. The number of amides is 1. The zero-order valence-corrected chi connectivity index (χ0v) is 17.2. The number of thiophene rings is 1. The molecule has 1 amide bonds. The number of sulfonamides is 1. The van der Waals surface area contributed by atoms with Crippen LogP contribution >= 0.6 is 11.3 Å². The monoisotopic (exact) mass is 412 g/mol. The van der Waals surface area contributed by atoms with Crippen LogP contribution in [0.2, 0.25) is 0 Å². The summed E-state index contributed by atoms with van der Waals surface area (Å²) in [4.78, 5) is 13.9. The van der Waals surface area contributed by atoms with Gasteiger partial charge in [0.15, 0.2) is 0 Å². The average Bonchev–Trinajstić information content (AvgIpc) is 3.27. The van der Waals surface area contributed by atoms with Gasteiger partial charge in [0.25, 0.3) is 5.91 Å². The smallest absolute Gasteiger partial charge is 0.255 e. The Bertz CT molecular complexity index is 1140. The van der Waals surface area contributed by atoms with Crippen LogP contribution in [-0.4, -0.2) is 26.6 Å². The largest absolute Gasteiger partial charge is 0.321 e. The van der Waals surface area contributed by atoms with E-state index in [-0.39, 0.29) is 11.9 Å². The van der Waals surface area contributed by atoms with Crippen LogP contribution in [-0.2, 0) is 16.4 Å².